The zero-order valence-electron chi connectivity index (χ0n) is 26.4. The minimum absolute atomic E-state index is 0.192. The Morgan fingerprint density at radius 3 is 1.76 bits per heavy atom. The molecule has 0 saturated carbocycles. The first kappa shape index (κ1) is 33.5. The van der Waals surface area contributed by atoms with Crippen LogP contribution < -0.4 is 0 Å². The molecule has 1 heterocycles. The Morgan fingerprint density at radius 2 is 1.15 bits per heavy atom. The third kappa shape index (κ3) is 9.81. The van der Waals surface area contributed by atoms with Crippen LogP contribution in [-0.4, -0.2) is 43.9 Å². The predicted octanol–water partition coefficient (Wildman–Crippen LogP) is 7.37. The molecule has 1 aliphatic rings. The third-order valence-electron chi connectivity index (χ3n) is 7.90. The molecule has 0 aliphatic carbocycles. The van der Waals surface area contributed by atoms with E-state index < -0.39 is 30.7 Å². The maximum atomic E-state index is 9.72. The lowest BCUT2D eigenvalue weighted by Gasteiger charge is -2.46. The van der Waals surface area contributed by atoms with E-state index in [1.54, 1.807) is 6.07 Å². The molecule has 0 bridgehead atoms. The van der Waals surface area contributed by atoms with Gasteiger partial charge < -0.3 is 28.4 Å². The van der Waals surface area contributed by atoms with Crippen molar-refractivity contribution in [3.05, 3.63) is 143 Å². The van der Waals surface area contributed by atoms with Crippen molar-refractivity contribution in [2.75, 3.05) is 13.2 Å². The molecule has 46 heavy (non-hydrogen) atoms. The summed E-state index contributed by atoms with van der Waals surface area (Å²) in [6, 6.07) is 39.9. The normalized spacial score (nSPS) is 21.1. The Labute approximate surface area is 272 Å². The van der Waals surface area contributed by atoms with Crippen LogP contribution in [0, 0.1) is 11.3 Å². The number of hydrogen-bond acceptors (Lipinski definition) is 7. The van der Waals surface area contributed by atoms with Crippen LogP contribution in [0.1, 0.15) is 47.6 Å². The van der Waals surface area contributed by atoms with Gasteiger partial charge in [0.15, 0.2) is 6.29 Å². The van der Waals surface area contributed by atoms with E-state index in [2.05, 4.69) is 13.0 Å². The van der Waals surface area contributed by atoms with Crippen molar-refractivity contribution in [2.45, 2.75) is 76.9 Å². The van der Waals surface area contributed by atoms with Gasteiger partial charge in [0.1, 0.15) is 24.4 Å². The smallest absolute Gasteiger partial charge is 0.186 e. The van der Waals surface area contributed by atoms with Gasteiger partial charge in [0.05, 0.1) is 44.7 Å². The third-order valence-corrected chi connectivity index (χ3v) is 7.90. The minimum Gasteiger partial charge on any atom is -0.374 e. The number of benzene rings is 4. The average molecular weight is 622 g/mol. The first-order valence-corrected chi connectivity index (χ1v) is 16.0. The van der Waals surface area contributed by atoms with E-state index in [0.29, 0.717) is 32.0 Å². The Bertz CT molecular complexity index is 1460. The van der Waals surface area contributed by atoms with Crippen molar-refractivity contribution < 1.29 is 28.4 Å². The molecule has 4 aromatic rings. The first-order chi connectivity index (χ1) is 22.7. The summed E-state index contributed by atoms with van der Waals surface area (Å²) < 4.78 is 39.3. The van der Waals surface area contributed by atoms with Gasteiger partial charge in [-0.15, -0.1) is 0 Å². The van der Waals surface area contributed by atoms with Gasteiger partial charge in [0.2, 0.25) is 0 Å². The van der Waals surface area contributed by atoms with E-state index in [9.17, 15) is 5.26 Å². The molecule has 0 unspecified atom stereocenters. The van der Waals surface area contributed by atoms with Crippen molar-refractivity contribution in [1.82, 2.24) is 0 Å². The zero-order valence-corrected chi connectivity index (χ0v) is 26.4. The van der Waals surface area contributed by atoms with Crippen LogP contribution in [0.5, 0.6) is 0 Å². The molecule has 0 amide bonds. The number of ether oxygens (including phenoxy) is 6. The summed E-state index contributed by atoms with van der Waals surface area (Å²) in [4.78, 5) is 0. The molecular weight excluding hydrogens is 578 g/mol. The lowest BCUT2D eigenvalue weighted by Crippen LogP contribution is -2.61. The average Bonchev–Trinajstić information content (AvgIpc) is 3.11. The fraction of sp³-hybridized carbons (Fsp3) is 0.359. The Morgan fingerprint density at radius 1 is 0.609 bits per heavy atom. The van der Waals surface area contributed by atoms with E-state index >= 15 is 0 Å². The molecule has 5 rings (SSSR count). The molecule has 0 spiro atoms. The molecule has 1 fully saturated rings. The number of hydrogen-bond donors (Lipinski definition) is 0. The van der Waals surface area contributed by atoms with E-state index in [1.165, 1.54) is 0 Å². The highest BCUT2D eigenvalue weighted by Crippen LogP contribution is 2.32. The largest absolute Gasteiger partial charge is 0.374 e. The molecule has 0 radical (unpaired) electrons. The number of nitriles is 1. The monoisotopic (exact) mass is 621 g/mol. The molecule has 0 N–H and O–H groups in total. The quantitative estimate of drug-likeness (QED) is 0.114. The second kappa shape index (κ2) is 18.3. The molecule has 5 atom stereocenters. The van der Waals surface area contributed by atoms with E-state index in [1.807, 2.05) is 109 Å². The fourth-order valence-corrected chi connectivity index (χ4v) is 5.40. The van der Waals surface area contributed by atoms with Crippen LogP contribution in [0.15, 0.2) is 115 Å². The first-order valence-electron chi connectivity index (χ1n) is 16.0. The molecule has 0 aromatic heterocycles. The number of nitrogens with zero attached hydrogens (tertiary/aromatic N) is 1. The Hall–Kier alpha value is -3.87. The lowest BCUT2D eigenvalue weighted by atomic mass is 9.97. The molecular formula is C39H43NO6. The highest BCUT2D eigenvalue weighted by Gasteiger charge is 2.49. The van der Waals surface area contributed by atoms with Crippen LogP contribution in [0.25, 0.3) is 0 Å². The second-order valence-corrected chi connectivity index (χ2v) is 11.3. The van der Waals surface area contributed by atoms with Gasteiger partial charge in [-0.1, -0.05) is 123 Å². The SMILES string of the molecule is CCCCO[C@@H]1O[C@H](COCc2ccccc2)[C@@H](OCc2ccccc2)[C@H](OCc2ccccc2)[C@H]1OCc1ccccc1C#N. The number of unbranched alkanes of at least 4 members (excludes halogenated alkanes) is 1. The number of rotatable bonds is 17. The standard InChI is InChI=1S/C39H43NO6/c1-2-3-23-42-39-38(45-28-34-22-14-13-21-33(34)24-40)37(44-27-32-19-11-6-12-20-32)36(43-26-31-17-9-5-10-18-31)35(46-39)29-41-25-30-15-7-4-8-16-30/h4-22,35-39H,2-3,23,25-29H2,1H3/t35-,36-,37+,38-,39-/m1/s1. The summed E-state index contributed by atoms with van der Waals surface area (Å²) in [5.74, 6) is 0. The van der Waals surface area contributed by atoms with Gasteiger partial charge in [0.25, 0.3) is 0 Å². The van der Waals surface area contributed by atoms with Crippen molar-refractivity contribution in [3.63, 3.8) is 0 Å². The summed E-state index contributed by atoms with van der Waals surface area (Å²) in [7, 11) is 0. The summed E-state index contributed by atoms with van der Waals surface area (Å²) in [6.45, 7) is 4.25. The van der Waals surface area contributed by atoms with Crippen molar-refractivity contribution in [1.29, 1.82) is 5.26 Å². The summed E-state index contributed by atoms with van der Waals surface area (Å²) in [5, 5.41) is 9.72. The topological polar surface area (TPSA) is 79.2 Å². The van der Waals surface area contributed by atoms with Gasteiger partial charge >= 0.3 is 0 Å². The van der Waals surface area contributed by atoms with Crippen LogP contribution >= 0.6 is 0 Å². The van der Waals surface area contributed by atoms with E-state index in [-0.39, 0.29) is 13.2 Å². The fourth-order valence-electron chi connectivity index (χ4n) is 5.40. The molecule has 4 aromatic carbocycles. The van der Waals surface area contributed by atoms with Crippen LogP contribution in [0.3, 0.4) is 0 Å². The van der Waals surface area contributed by atoms with Crippen LogP contribution in [0.4, 0.5) is 0 Å². The van der Waals surface area contributed by atoms with E-state index in [0.717, 1.165) is 35.1 Å². The van der Waals surface area contributed by atoms with Crippen molar-refractivity contribution >= 4 is 0 Å². The van der Waals surface area contributed by atoms with Crippen LogP contribution in [0.2, 0.25) is 0 Å². The second-order valence-electron chi connectivity index (χ2n) is 11.3. The summed E-state index contributed by atoms with van der Waals surface area (Å²) >= 11 is 0. The van der Waals surface area contributed by atoms with Crippen molar-refractivity contribution in [3.8, 4) is 6.07 Å². The molecule has 1 aliphatic heterocycles. The summed E-state index contributed by atoms with van der Waals surface area (Å²) in [5.41, 5.74) is 4.49. The minimum atomic E-state index is -0.733. The van der Waals surface area contributed by atoms with Gasteiger partial charge in [-0.2, -0.15) is 5.26 Å². The highest BCUT2D eigenvalue weighted by molar-refractivity contribution is 5.36. The summed E-state index contributed by atoms with van der Waals surface area (Å²) in [6.07, 6.45) is -1.12. The Balaban J connectivity index is 1.44. The predicted molar refractivity (Wildman–Crippen MR) is 175 cm³/mol. The van der Waals surface area contributed by atoms with E-state index in [4.69, 9.17) is 28.4 Å². The van der Waals surface area contributed by atoms with Gasteiger partial charge in [-0.25, -0.2) is 0 Å². The van der Waals surface area contributed by atoms with Gasteiger partial charge in [-0.3, -0.25) is 0 Å². The maximum absolute atomic E-state index is 9.72. The molecule has 1 saturated heterocycles. The van der Waals surface area contributed by atoms with Gasteiger partial charge in [0, 0.05) is 6.61 Å². The maximum Gasteiger partial charge on any atom is 0.186 e. The van der Waals surface area contributed by atoms with Gasteiger partial charge in [-0.05, 0) is 34.7 Å². The lowest BCUT2D eigenvalue weighted by molar-refractivity contribution is -0.328. The highest BCUT2D eigenvalue weighted by atomic mass is 16.7. The zero-order chi connectivity index (χ0) is 31.8. The molecule has 240 valence electrons. The molecule has 7 nitrogen and oxygen atoms in total. The Kier molecular flexibility index (Phi) is 13.3. The van der Waals surface area contributed by atoms with Crippen LogP contribution in [-0.2, 0) is 54.8 Å². The molecule has 7 heteroatoms. The van der Waals surface area contributed by atoms with Crippen molar-refractivity contribution in [2.24, 2.45) is 0 Å².